The van der Waals surface area contributed by atoms with Gasteiger partial charge in [0.1, 0.15) is 0 Å². The fourth-order valence-electron chi connectivity index (χ4n) is 2.50. The van der Waals surface area contributed by atoms with Gasteiger partial charge >= 0.3 is 0 Å². The van der Waals surface area contributed by atoms with Gasteiger partial charge < -0.3 is 5.32 Å². The summed E-state index contributed by atoms with van der Waals surface area (Å²) in [5, 5.41) is 3.44. The summed E-state index contributed by atoms with van der Waals surface area (Å²) in [6, 6.07) is 10.8. The number of rotatable bonds is 7. The lowest BCUT2D eigenvalue weighted by Gasteiger charge is -2.16. The molecular formula is C16H22N2O2. The number of imide groups is 1. The predicted molar refractivity (Wildman–Crippen MR) is 78.2 cm³/mol. The molecule has 0 radical (unpaired) electrons. The van der Waals surface area contributed by atoms with Crippen molar-refractivity contribution in [2.45, 2.75) is 38.6 Å². The van der Waals surface area contributed by atoms with Crippen molar-refractivity contribution in [2.24, 2.45) is 0 Å². The van der Waals surface area contributed by atoms with Crippen LogP contribution in [-0.4, -0.2) is 35.8 Å². The summed E-state index contributed by atoms with van der Waals surface area (Å²) in [6.07, 6.45) is 2.58. The van der Waals surface area contributed by atoms with E-state index >= 15 is 0 Å². The molecule has 0 aliphatic carbocycles. The van der Waals surface area contributed by atoms with Crippen molar-refractivity contribution in [3.05, 3.63) is 35.9 Å². The van der Waals surface area contributed by atoms with E-state index in [1.165, 1.54) is 10.5 Å². The summed E-state index contributed by atoms with van der Waals surface area (Å²) in [5.74, 6) is -0.0420. The first kappa shape index (κ1) is 14.7. The molecule has 4 heteroatoms. The first-order valence-corrected chi connectivity index (χ1v) is 7.27. The third-order valence-corrected chi connectivity index (χ3v) is 3.59. The molecule has 1 N–H and O–H groups in total. The molecule has 0 spiro atoms. The predicted octanol–water partition coefficient (Wildman–Crippen LogP) is 1.75. The Balaban J connectivity index is 1.63. The van der Waals surface area contributed by atoms with Gasteiger partial charge in [-0.1, -0.05) is 30.3 Å². The van der Waals surface area contributed by atoms with Crippen molar-refractivity contribution in [1.82, 2.24) is 10.2 Å². The summed E-state index contributed by atoms with van der Waals surface area (Å²) < 4.78 is 0. The normalized spacial score (nSPS) is 16.8. The van der Waals surface area contributed by atoms with Gasteiger partial charge in [0, 0.05) is 25.4 Å². The van der Waals surface area contributed by atoms with Crippen LogP contribution >= 0.6 is 0 Å². The average molecular weight is 274 g/mol. The Kier molecular flexibility index (Phi) is 5.30. The van der Waals surface area contributed by atoms with Crippen molar-refractivity contribution >= 4 is 11.8 Å². The van der Waals surface area contributed by atoms with E-state index in [0.717, 1.165) is 19.4 Å². The van der Waals surface area contributed by atoms with Crippen molar-refractivity contribution in [3.63, 3.8) is 0 Å². The Labute approximate surface area is 120 Å². The minimum absolute atomic E-state index is 0.0210. The number of amides is 2. The molecule has 0 bridgehead atoms. The van der Waals surface area contributed by atoms with Gasteiger partial charge in [-0.05, 0) is 31.9 Å². The maximum absolute atomic E-state index is 11.4. The van der Waals surface area contributed by atoms with Gasteiger partial charge in [-0.2, -0.15) is 0 Å². The second kappa shape index (κ2) is 7.20. The van der Waals surface area contributed by atoms with Crippen molar-refractivity contribution in [2.75, 3.05) is 13.1 Å². The number of benzene rings is 1. The lowest BCUT2D eigenvalue weighted by molar-refractivity contribution is -0.138. The van der Waals surface area contributed by atoms with Crippen LogP contribution in [0.3, 0.4) is 0 Å². The van der Waals surface area contributed by atoms with E-state index in [1.807, 2.05) is 18.2 Å². The standard InChI is InChI=1S/C16H22N2O2/c1-13(12-14-6-3-2-4-7-14)17-10-5-11-18-15(19)8-9-16(18)20/h2-4,6-7,13,17H,5,8-12H2,1H3. The van der Waals surface area contributed by atoms with Gasteiger partial charge in [0.25, 0.3) is 0 Å². The molecule has 20 heavy (non-hydrogen) atoms. The van der Waals surface area contributed by atoms with E-state index in [-0.39, 0.29) is 11.8 Å². The first-order chi connectivity index (χ1) is 9.66. The zero-order valence-corrected chi connectivity index (χ0v) is 12.0. The molecule has 0 aromatic heterocycles. The Morgan fingerprint density at radius 2 is 1.80 bits per heavy atom. The summed E-state index contributed by atoms with van der Waals surface area (Å²) in [7, 11) is 0. The van der Waals surface area contributed by atoms with E-state index in [0.29, 0.717) is 25.4 Å². The molecule has 1 unspecified atom stereocenters. The fraction of sp³-hybridized carbons (Fsp3) is 0.500. The van der Waals surface area contributed by atoms with Crippen molar-refractivity contribution in [1.29, 1.82) is 0 Å². The van der Waals surface area contributed by atoms with Crippen LogP contribution in [0.1, 0.15) is 31.7 Å². The first-order valence-electron chi connectivity index (χ1n) is 7.27. The second-order valence-electron chi connectivity index (χ2n) is 5.34. The molecule has 1 atom stereocenters. The van der Waals surface area contributed by atoms with Gasteiger partial charge in [-0.3, -0.25) is 14.5 Å². The zero-order chi connectivity index (χ0) is 14.4. The average Bonchev–Trinajstić information content (AvgIpc) is 2.76. The smallest absolute Gasteiger partial charge is 0.229 e. The molecule has 1 aromatic carbocycles. The van der Waals surface area contributed by atoms with Crippen LogP contribution in [0.2, 0.25) is 0 Å². The van der Waals surface area contributed by atoms with E-state index in [1.54, 1.807) is 0 Å². The van der Waals surface area contributed by atoms with Gasteiger partial charge in [-0.15, -0.1) is 0 Å². The second-order valence-corrected chi connectivity index (χ2v) is 5.34. The molecule has 4 nitrogen and oxygen atoms in total. The van der Waals surface area contributed by atoms with Crippen LogP contribution in [0, 0.1) is 0 Å². The Morgan fingerprint density at radius 3 is 2.45 bits per heavy atom. The molecule has 1 aromatic rings. The zero-order valence-electron chi connectivity index (χ0n) is 12.0. The fourth-order valence-corrected chi connectivity index (χ4v) is 2.50. The molecule has 2 rings (SSSR count). The Hall–Kier alpha value is -1.68. The monoisotopic (exact) mass is 274 g/mol. The topological polar surface area (TPSA) is 49.4 Å². The van der Waals surface area contributed by atoms with Crippen molar-refractivity contribution < 1.29 is 9.59 Å². The van der Waals surface area contributed by atoms with Crippen LogP contribution in [-0.2, 0) is 16.0 Å². The number of hydrogen-bond donors (Lipinski definition) is 1. The number of nitrogens with zero attached hydrogens (tertiary/aromatic N) is 1. The maximum Gasteiger partial charge on any atom is 0.229 e. The highest BCUT2D eigenvalue weighted by atomic mass is 16.2. The van der Waals surface area contributed by atoms with Gasteiger partial charge in [0.2, 0.25) is 11.8 Å². The quantitative estimate of drug-likeness (QED) is 0.609. The highest BCUT2D eigenvalue weighted by molar-refractivity contribution is 6.01. The minimum Gasteiger partial charge on any atom is -0.314 e. The lowest BCUT2D eigenvalue weighted by Crippen LogP contribution is -2.34. The summed E-state index contributed by atoms with van der Waals surface area (Å²) >= 11 is 0. The molecule has 2 amide bonds. The largest absolute Gasteiger partial charge is 0.314 e. The van der Waals surface area contributed by atoms with Crippen molar-refractivity contribution in [3.8, 4) is 0 Å². The molecule has 1 aliphatic heterocycles. The SMILES string of the molecule is CC(Cc1ccccc1)NCCCN1C(=O)CCC1=O. The van der Waals surface area contributed by atoms with Gasteiger partial charge in [0.05, 0.1) is 0 Å². The maximum atomic E-state index is 11.4. The molecule has 108 valence electrons. The third kappa shape index (κ3) is 4.17. The van der Waals surface area contributed by atoms with Crippen LogP contribution in [0.4, 0.5) is 0 Å². The number of nitrogens with one attached hydrogen (secondary N) is 1. The summed E-state index contributed by atoms with van der Waals surface area (Å²) in [6.45, 7) is 3.52. The summed E-state index contributed by atoms with van der Waals surface area (Å²) in [4.78, 5) is 24.3. The molecule has 1 aliphatic rings. The number of carbonyl (C=O) groups is 2. The van der Waals surface area contributed by atoms with Crippen LogP contribution in [0.15, 0.2) is 30.3 Å². The summed E-state index contributed by atoms with van der Waals surface area (Å²) in [5.41, 5.74) is 1.32. The van der Waals surface area contributed by atoms with E-state index < -0.39 is 0 Å². The van der Waals surface area contributed by atoms with Crippen LogP contribution < -0.4 is 5.32 Å². The molecule has 0 saturated carbocycles. The van der Waals surface area contributed by atoms with Gasteiger partial charge in [0.15, 0.2) is 0 Å². The minimum atomic E-state index is -0.0210. The molecule has 1 heterocycles. The van der Waals surface area contributed by atoms with E-state index in [9.17, 15) is 9.59 Å². The molecular weight excluding hydrogens is 252 g/mol. The lowest BCUT2D eigenvalue weighted by atomic mass is 10.1. The molecule has 1 fully saturated rings. The number of carbonyl (C=O) groups excluding carboxylic acids is 2. The Morgan fingerprint density at radius 1 is 1.15 bits per heavy atom. The van der Waals surface area contributed by atoms with E-state index in [4.69, 9.17) is 0 Å². The molecule has 1 saturated heterocycles. The van der Waals surface area contributed by atoms with Crippen LogP contribution in [0.5, 0.6) is 0 Å². The number of hydrogen-bond acceptors (Lipinski definition) is 3. The number of likely N-dealkylation sites (tertiary alicyclic amines) is 1. The van der Waals surface area contributed by atoms with Crippen LogP contribution in [0.25, 0.3) is 0 Å². The highest BCUT2D eigenvalue weighted by Gasteiger charge is 2.27. The van der Waals surface area contributed by atoms with Gasteiger partial charge in [-0.25, -0.2) is 0 Å². The Bertz CT molecular complexity index is 443. The third-order valence-electron chi connectivity index (χ3n) is 3.59. The van der Waals surface area contributed by atoms with E-state index in [2.05, 4.69) is 24.4 Å². The highest BCUT2D eigenvalue weighted by Crippen LogP contribution is 2.11.